The first kappa shape index (κ1) is 15.1. The molecule has 104 valence electrons. The van der Waals surface area contributed by atoms with Crippen molar-refractivity contribution in [3.05, 3.63) is 35.4 Å². The van der Waals surface area contributed by atoms with Crippen LogP contribution in [0.5, 0.6) is 0 Å². The third-order valence-electron chi connectivity index (χ3n) is 3.00. The second-order valence-electron chi connectivity index (χ2n) is 4.34. The summed E-state index contributed by atoms with van der Waals surface area (Å²) in [7, 11) is 0. The fraction of sp³-hybridized carbons (Fsp3) is 0.385. The predicted molar refractivity (Wildman–Crippen MR) is 66.3 cm³/mol. The van der Waals surface area contributed by atoms with Crippen molar-refractivity contribution < 1.29 is 18.4 Å². The Bertz CT molecular complexity index is 492. The molecule has 19 heavy (non-hydrogen) atoms. The molecule has 0 aliphatic heterocycles. The highest BCUT2D eigenvalue weighted by molar-refractivity contribution is 5.97. The Hall–Kier alpha value is -1.98. The lowest BCUT2D eigenvalue weighted by molar-refractivity contribution is -0.120. The molecule has 0 aromatic heterocycles. The summed E-state index contributed by atoms with van der Waals surface area (Å²) in [6, 6.07) is 2.35. The van der Waals surface area contributed by atoms with Crippen LogP contribution in [0.25, 0.3) is 0 Å². The van der Waals surface area contributed by atoms with Crippen LogP contribution in [-0.4, -0.2) is 17.9 Å². The number of rotatable bonds is 5. The van der Waals surface area contributed by atoms with Gasteiger partial charge in [-0.2, -0.15) is 0 Å². The van der Waals surface area contributed by atoms with Crippen LogP contribution in [0.3, 0.4) is 0 Å². The third-order valence-corrected chi connectivity index (χ3v) is 3.00. The van der Waals surface area contributed by atoms with E-state index in [0.717, 1.165) is 12.1 Å². The van der Waals surface area contributed by atoms with Crippen molar-refractivity contribution in [3.8, 4) is 0 Å². The minimum absolute atomic E-state index is 0.196. The molecule has 0 aliphatic rings. The topological polar surface area (TPSA) is 72.2 Å². The Morgan fingerprint density at radius 2 is 2.00 bits per heavy atom. The predicted octanol–water partition coefficient (Wildman–Crippen LogP) is 1.59. The van der Waals surface area contributed by atoms with Crippen molar-refractivity contribution in [2.45, 2.75) is 26.3 Å². The molecule has 1 rings (SSSR count). The molecule has 0 saturated carbocycles. The smallest absolute Gasteiger partial charge is 0.255 e. The molecule has 0 unspecified atom stereocenters. The number of primary amides is 1. The first-order valence-electron chi connectivity index (χ1n) is 5.92. The quantitative estimate of drug-likeness (QED) is 0.853. The van der Waals surface area contributed by atoms with Gasteiger partial charge in [0.25, 0.3) is 5.91 Å². The number of benzene rings is 1. The molecule has 0 heterocycles. The summed E-state index contributed by atoms with van der Waals surface area (Å²) in [6.07, 6.45) is 0.611. The van der Waals surface area contributed by atoms with E-state index in [4.69, 9.17) is 5.73 Å². The van der Waals surface area contributed by atoms with Crippen LogP contribution >= 0.6 is 0 Å². The highest BCUT2D eigenvalue weighted by Crippen LogP contribution is 2.13. The highest BCUT2D eigenvalue weighted by Gasteiger charge is 2.25. The number of carbonyl (C=O) groups is 2. The van der Waals surface area contributed by atoms with Crippen LogP contribution in [0.2, 0.25) is 0 Å². The van der Waals surface area contributed by atoms with Crippen LogP contribution in [0, 0.1) is 17.6 Å². The molecule has 0 saturated heterocycles. The molecule has 0 spiro atoms. The first-order chi connectivity index (χ1) is 8.88. The van der Waals surface area contributed by atoms with Gasteiger partial charge in [0.05, 0.1) is 5.56 Å². The molecule has 2 atom stereocenters. The molecule has 1 aromatic rings. The lowest BCUT2D eigenvalue weighted by Crippen LogP contribution is -2.48. The molecule has 2 amide bonds. The normalized spacial score (nSPS) is 13.7. The van der Waals surface area contributed by atoms with Gasteiger partial charge in [0.15, 0.2) is 11.6 Å². The van der Waals surface area contributed by atoms with Crippen LogP contribution in [-0.2, 0) is 4.79 Å². The Morgan fingerprint density at radius 1 is 1.37 bits per heavy atom. The zero-order valence-corrected chi connectivity index (χ0v) is 10.7. The zero-order chi connectivity index (χ0) is 14.6. The van der Waals surface area contributed by atoms with Crippen molar-refractivity contribution in [2.75, 3.05) is 0 Å². The average molecular weight is 270 g/mol. The second kappa shape index (κ2) is 6.26. The van der Waals surface area contributed by atoms with Gasteiger partial charge in [-0.3, -0.25) is 9.59 Å². The molecule has 0 fully saturated rings. The molecular formula is C13H16F2N2O2. The van der Waals surface area contributed by atoms with E-state index in [2.05, 4.69) is 5.32 Å². The average Bonchev–Trinajstić information content (AvgIpc) is 2.37. The second-order valence-corrected chi connectivity index (χ2v) is 4.34. The number of hydrogen-bond donors (Lipinski definition) is 2. The standard InChI is InChI=1S/C13H16F2N2O2/c1-3-7(2)11(12(16)18)17-13(19)8-5-4-6-9(14)10(8)15/h4-7,11H,3H2,1-2H3,(H2,16,18)(H,17,19)/t7-,11+/m1/s1. The van der Waals surface area contributed by atoms with Gasteiger partial charge in [-0.1, -0.05) is 26.3 Å². The zero-order valence-electron chi connectivity index (χ0n) is 10.7. The van der Waals surface area contributed by atoms with Gasteiger partial charge in [-0.25, -0.2) is 8.78 Å². The van der Waals surface area contributed by atoms with E-state index in [9.17, 15) is 18.4 Å². The van der Waals surface area contributed by atoms with Gasteiger partial charge < -0.3 is 11.1 Å². The van der Waals surface area contributed by atoms with Crippen LogP contribution in [0.1, 0.15) is 30.6 Å². The summed E-state index contributed by atoms with van der Waals surface area (Å²) in [6.45, 7) is 3.56. The Balaban J connectivity index is 2.94. The van der Waals surface area contributed by atoms with Crippen LogP contribution < -0.4 is 11.1 Å². The number of nitrogens with two attached hydrogens (primary N) is 1. The highest BCUT2D eigenvalue weighted by atomic mass is 19.2. The molecule has 6 heteroatoms. The Labute approximate surface area is 110 Å². The maximum Gasteiger partial charge on any atom is 0.255 e. The maximum atomic E-state index is 13.4. The number of amides is 2. The first-order valence-corrected chi connectivity index (χ1v) is 5.92. The third kappa shape index (κ3) is 3.49. The lowest BCUT2D eigenvalue weighted by Gasteiger charge is -2.21. The van der Waals surface area contributed by atoms with E-state index in [-0.39, 0.29) is 5.92 Å². The van der Waals surface area contributed by atoms with Crippen molar-refractivity contribution in [1.82, 2.24) is 5.32 Å². The number of halogens is 2. The van der Waals surface area contributed by atoms with E-state index < -0.39 is 35.1 Å². The van der Waals surface area contributed by atoms with E-state index in [0.29, 0.717) is 6.42 Å². The SMILES string of the molecule is CC[C@@H](C)[C@H](NC(=O)c1cccc(F)c1F)C(N)=O. The Kier molecular flexibility index (Phi) is 4.97. The summed E-state index contributed by atoms with van der Waals surface area (Å²) in [5.74, 6) is -4.13. The van der Waals surface area contributed by atoms with Gasteiger partial charge in [0.1, 0.15) is 6.04 Å². The molecule has 3 N–H and O–H groups in total. The maximum absolute atomic E-state index is 13.4. The van der Waals surface area contributed by atoms with Gasteiger partial charge in [-0.05, 0) is 18.1 Å². The lowest BCUT2D eigenvalue weighted by atomic mass is 9.98. The van der Waals surface area contributed by atoms with Gasteiger partial charge in [0, 0.05) is 0 Å². The number of carbonyl (C=O) groups excluding carboxylic acids is 2. The van der Waals surface area contributed by atoms with Gasteiger partial charge >= 0.3 is 0 Å². The molecule has 4 nitrogen and oxygen atoms in total. The number of nitrogens with one attached hydrogen (secondary N) is 1. The minimum Gasteiger partial charge on any atom is -0.368 e. The molecule has 0 aliphatic carbocycles. The fourth-order valence-electron chi connectivity index (χ4n) is 1.63. The summed E-state index contributed by atoms with van der Waals surface area (Å²) in [5, 5.41) is 2.33. The summed E-state index contributed by atoms with van der Waals surface area (Å²) in [4.78, 5) is 23.1. The minimum atomic E-state index is -1.24. The molecule has 0 bridgehead atoms. The summed E-state index contributed by atoms with van der Waals surface area (Å²) >= 11 is 0. The Morgan fingerprint density at radius 3 is 2.53 bits per heavy atom. The summed E-state index contributed by atoms with van der Waals surface area (Å²) < 4.78 is 26.4. The molecule has 1 aromatic carbocycles. The van der Waals surface area contributed by atoms with Crippen molar-refractivity contribution in [2.24, 2.45) is 11.7 Å². The van der Waals surface area contributed by atoms with Crippen LogP contribution in [0.15, 0.2) is 18.2 Å². The van der Waals surface area contributed by atoms with Gasteiger partial charge in [-0.15, -0.1) is 0 Å². The fourth-order valence-corrected chi connectivity index (χ4v) is 1.63. The van der Waals surface area contributed by atoms with E-state index in [1.807, 2.05) is 6.92 Å². The van der Waals surface area contributed by atoms with Crippen molar-refractivity contribution >= 4 is 11.8 Å². The summed E-state index contributed by atoms with van der Waals surface area (Å²) in [5.41, 5.74) is 4.74. The van der Waals surface area contributed by atoms with Crippen molar-refractivity contribution in [3.63, 3.8) is 0 Å². The van der Waals surface area contributed by atoms with Gasteiger partial charge in [0.2, 0.25) is 5.91 Å². The van der Waals surface area contributed by atoms with E-state index >= 15 is 0 Å². The van der Waals surface area contributed by atoms with Crippen LogP contribution in [0.4, 0.5) is 8.78 Å². The largest absolute Gasteiger partial charge is 0.368 e. The van der Waals surface area contributed by atoms with Crippen molar-refractivity contribution in [1.29, 1.82) is 0 Å². The number of hydrogen-bond acceptors (Lipinski definition) is 2. The van der Waals surface area contributed by atoms with E-state index in [1.54, 1.807) is 6.92 Å². The molecular weight excluding hydrogens is 254 g/mol. The van der Waals surface area contributed by atoms with E-state index in [1.165, 1.54) is 6.07 Å². The monoisotopic (exact) mass is 270 g/mol. The molecule has 0 radical (unpaired) electrons.